The molecular formula is C14H12BrClFN3O. The molecule has 0 fully saturated rings. The minimum absolute atomic E-state index is 0.139. The molecule has 0 aromatic heterocycles. The summed E-state index contributed by atoms with van der Waals surface area (Å²) in [5, 5.41) is 15.4. The minimum Gasteiger partial charge on any atom is -0.409 e. The number of hydrogen-bond acceptors (Lipinski definition) is 3. The van der Waals surface area contributed by atoms with Gasteiger partial charge in [0, 0.05) is 22.3 Å². The van der Waals surface area contributed by atoms with Crippen LogP contribution < -0.4 is 11.1 Å². The Morgan fingerprint density at radius 3 is 2.76 bits per heavy atom. The van der Waals surface area contributed by atoms with Crippen LogP contribution in [0.5, 0.6) is 0 Å². The fourth-order valence-corrected chi connectivity index (χ4v) is 2.23. The molecular weight excluding hydrogens is 361 g/mol. The molecule has 0 saturated heterocycles. The lowest BCUT2D eigenvalue weighted by Gasteiger charge is -2.11. The molecule has 0 unspecified atom stereocenters. The van der Waals surface area contributed by atoms with Gasteiger partial charge in [0.2, 0.25) is 0 Å². The number of nitrogens with two attached hydrogens (primary N) is 1. The van der Waals surface area contributed by atoms with Crippen molar-refractivity contribution in [3.05, 3.63) is 62.8 Å². The molecule has 0 bridgehead atoms. The molecule has 4 N–H and O–H groups in total. The SMILES string of the molecule is N/C(=N/O)c1cc(F)ccc1CNc1ccc(Br)c(Cl)c1. The van der Waals surface area contributed by atoms with Crippen molar-refractivity contribution >= 4 is 39.1 Å². The van der Waals surface area contributed by atoms with E-state index in [1.165, 1.54) is 12.1 Å². The van der Waals surface area contributed by atoms with Gasteiger partial charge in [-0.2, -0.15) is 0 Å². The Balaban J connectivity index is 2.21. The summed E-state index contributed by atoms with van der Waals surface area (Å²) in [6.45, 7) is 0.379. The molecule has 110 valence electrons. The van der Waals surface area contributed by atoms with E-state index in [9.17, 15) is 4.39 Å². The molecule has 0 saturated carbocycles. The van der Waals surface area contributed by atoms with Crippen LogP contribution in [0.3, 0.4) is 0 Å². The molecule has 0 radical (unpaired) electrons. The van der Waals surface area contributed by atoms with Crippen LogP contribution in [-0.2, 0) is 6.54 Å². The lowest BCUT2D eigenvalue weighted by Crippen LogP contribution is -2.17. The standard InChI is InChI=1S/C14H12BrClFN3O/c15-12-4-3-10(6-13(12)16)19-7-8-1-2-9(17)5-11(8)14(18)20-21/h1-6,19,21H,7H2,(H2,18,20). The third kappa shape index (κ3) is 3.86. The van der Waals surface area contributed by atoms with Crippen molar-refractivity contribution in [1.29, 1.82) is 0 Å². The van der Waals surface area contributed by atoms with Crippen molar-refractivity contribution in [2.24, 2.45) is 10.9 Å². The van der Waals surface area contributed by atoms with Gasteiger partial charge in [-0.1, -0.05) is 22.8 Å². The second-order valence-corrected chi connectivity index (χ2v) is 5.53. The number of nitrogens with zero attached hydrogens (tertiary/aromatic N) is 1. The molecule has 0 atom stereocenters. The van der Waals surface area contributed by atoms with Crippen molar-refractivity contribution in [1.82, 2.24) is 0 Å². The first-order chi connectivity index (χ1) is 10.0. The Kier molecular flexibility index (Phi) is 5.03. The van der Waals surface area contributed by atoms with Crippen LogP contribution >= 0.6 is 27.5 Å². The number of halogens is 3. The zero-order valence-electron chi connectivity index (χ0n) is 10.8. The monoisotopic (exact) mass is 371 g/mol. The maximum absolute atomic E-state index is 13.3. The third-order valence-electron chi connectivity index (χ3n) is 2.86. The number of hydrogen-bond donors (Lipinski definition) is 3. The molecule has 21 heavy (non-hydrogen) atoms. The van der Waals surface area contributed by atoms with Gasteiger partial charge in [-0.3, -0.25) is 0 Å². The second-order valence-electron chi connectivity index (χ2n) is 4.27. The van der Waals surface area contributed by atoms with Crippen molar-refractivity contribution < 1.29 is 9.60 Å². The first-order valence-corrected chi connectivity index (χ1v) is 7.13. The van der Waals surface area contributed by atoms with E-state index < -0.39 is 5.82 Å². The fourth-order valence-electron chi connectivity index (χ4n) is 1.80. The van der Waals surface area contributed by atoms with Gasteiger partial charge in [0.1, 0.15) is 5.82 Å². The van der Waals surface area contributed by atoms with Crippen molar-refractivity contribution in [2.45, 2.75) is 6.54 Å². The maximum atomic E-state index is 13.3. The van der Waals surface area contributed by atoms with E-state index in [1.807, 2.05) is 12.1 Å². The molecule has 0 aliphatic heterocycles. The zero-order chi connectivity index (χ0) is 15.4. The van der Waals surface area contributed by atoms with Crippen LogP contribution in [0.15, 0.2) is 46.0 Å². The van der Waals surface area contributed by atoms with E-state index in [0.29, 0.717) is 22.7 Å². The first kappa shape index (κ1) is 15.6. The van der Waals surface area contributed by atoms with Gasteiger partial charge in [-0.15, -0.1) is 0 Å². The van der Waals surface area contributed by atoms with E-state index in [1.54, 1.807) is 12.1 Å². The van der Waals surface area contributed by atoms with Gasteiger partial charge < -0.3 is 16.3 Å². The van der Waals surface area contributed by atoms with Gasteiger partial charge >= 0.3 is 0 Å². The van der Waals surface area contributed by atoms with E-state index in [0.717, 1.165) is 10.2 Å². The van der Waals surface area contributed by atoms with Crippen molar-refractivity contribution in [2.75, 3.05) is 5.32 Å². The highest BCUT2D eigenvalue weighted by molar-refractivity contribution is 9.10. The molecule has 2 aromatic carbocycles. The number of rotatable bonds is 4. The normalized spacial score (nSPS) is 11.5. The number of oxime groups is 1. The summed E-state index contributed by atoms with van der Waals surface area (Å²) in [6.07, 6.45) is 0. The van der Waals surface area contributed by atoms with E-state index in [4.69, 9.17) is 22.5 Å². The highest BCUT2D eigenvalue weighted by Crippen LogP contribution is 2.26. The molecule has 4 nitrogen and oxygen atoms in total. The molecule has 2 aromatic rings. The van der Waals surface area contributed by atoms with Crippen molar-refractivity contribution in [3.63, 3.8) is 0 Å². The highest BCUT2D eigenvalue weighted by Gasteiger charge is 2.09. The molecule has 0 aliphatic rings. The Morgan fingerprint density at radius 2 is 2.10 bits per heavy atom. The summed E-state index contributed by atoms with van der Waals surface area (Å²) in [5.41, 5.74) is 7.40. The lowest BCUT2D eigenvalue weighted by molar-refractivity contribution is 0.318. The van der Waals surface area contributed by atoms with Gasteiger partial charge in [-0.25, -0.2) is 4.39 Å². The number of anilines is 1. The lowest BCUT2D eigenvalue weighted by atomic mass is 10.1. The average molecular weight is 373 g/mol. The second kappa shape index (κ2) is 6.78. The number of benzene rings is 2. The summed E-state index contributed by atoms with van der Waals surface area (Å²) < 4.78 is 14.1. The highest BCUT2D eigenvalue weighted by atomic mass is 79.9. The largest absolute Gasteiger partial charge is 0.409 e. The van der Waals surface area contributed by atoms with Gasteiger partial charge in [-0.05, 0) is 51.8 Å². The molecule has 0 amide bonds. The van der Waals surface area contributed by atoms with Crippen LogP contribution in [0, 0.1) is 5.82 Å². The van der Waals surface area contributed by atoms with Crippen LogP contribution in [0.2, 0.25) is 5.02 Å². The number of nitrogens with one attached hydrogen (secondary N) is 1. The minimum atomic E-state index is -0.452. The predicted octanol–water partition coefficient (Wildman–Crippen LogP) is 3.95. The fraction of sp³-hybridized carbons (Fsp3) is 0.0714. The van der Waals surface area contributed by atoms with Crippen LogP contribution in [0.25, 0.3) is 0 Å². The Morgan fingerprint density at radius 1 is 1.33 bits per heavy atom. The molecule has 7 heteroatoms. The molecule has 2 rings (SSSR count). The van der Waals surface area contributed by atoms with E-state index in [-0.39, 0.29) is 5.84 Å². The Labute approximate surface area is 134 Å². The quantitative estimate of drug-likeness (QED) is 0.329. The zero-order valence-corrected chi connectivity index (χ0v) is 13.1. The molecule has 0 spiro atoms. The summed E-state index contributed by atoms with van der Waals surface area (Å²) in [7, 11) is 0. The number of amidine groups is 1. The van der Waals surface area contributed by atoms with Crippen LogP contribution in [0.4, 0.5) is 10.1 Å². The summed E-state index contributed by atoms with van der Waals surface area (Å²) in [5.74, 6) is -0.591. The molecule has 0 aliphatic carbocycles. The maximum Gasteiger partial charge on any atom is 0.170 e. The van der Waals surface area contributed by atoms with Gasteiger partial charge in [0.25, 0.3) is 0 Å². The predicted molar refractivity (Wildman–Crippen MR) is 85.4 cm³/mol. The Hall–Kier alpha value is -1.79. The smallest absolute Gasteiger partial charge is 0.170 e. The van der Waals surface area contributed by atoms with E-state index >= 15 is 0 Å². The van der Waals surface area contributed by atoms with Crippen LogP contribution in [-0.4, -0.2) is 11.0 Å². The van der Waals surface area contributed by atoms with Gasteiger partial charge in [0.15, 0.2) is 5.84 Å². The molecule has 0 heterocycles. The summed E-state index contributed by atoms with van der Waals surface area (Å²) in [4.78, 5) is 0. The third-order valence-corrected chi connectivity index (χ3v) is 4.09. The van der Waals surface area contributed by atoms with Crippen LogP contribution in [0.1, 0.15) is 11.1 Å². The summed E-state index contributed by atoms with van der Waals surface area (Å²) >= 11 is 9.32. The van der Waals surface area contributed by atoms with E-state index in [2.05, 4.69) is 26.4 Å². The topological polar surface area (TPSA) is 70.6 Å². The Bertz CT molecular complexity index is 694. The van der Waals surface area contributed by atoms with Gasteiger partial charge in [0.05, 0.1) is 5.02 Å². The average Bonchev–Trinajstić information content (AvgIpc) is 2.48. The van der Waals surface area contributed by atoms with Crippen molar-refractivity contribution in [3.8, 4) is 0 Å². The first-order valence-electron chi connectivity index (χ1n) is 5.96. The summed E-state index contributed by atoms with van der Waals surface area (Å²) in [6, 6.07) is 9.55.